The minimum atomic E-state index is -3.79. The highest BCUT2D eigenvalue weighted by Gasteiger charge is 2.20. The van der Waals surface area contributed by atoms with Gasteiger partial charge in [0.25, 0.3) is 10.0 Å². The van der Waals surface area contributed by atoms with Gasteiger partial charge in [-0.25, -0.2) is 8.42 Å². The van der Waals surface area contributed by atoms with Crippen molar-refractivity contribution in [3.63, 3.8) is 0 Å². The molecule has 3 N–H and O–H groups in total. The average molecular weight is 372 g/mol. The molecule has 0 aliphatic heterocycles. The Morgan fingerprint density at radius 2 is 2.00 bits per heavy atom. The lowest BCUT2D eigenvalue weighted by Gasteiger charge is -2.12. The van der Waals surface area contributed by atoms with E-state index in [1.165, 1.54) is 18.5 Å². The predicted octanol–water partition coefficient (Wildman–Crippen LogP) is 2.28. The van der Waals surface area contributed by atoms with Crippen LogP contribution in [0.25, 0.3) is 0 Å². The Morgan fingerprint density at radius 1 is 1.30 bits per heavy atom. The molecular formula is C12H10BrN3O2S2. The first kappa shape index (κ1) is 14.9. The molecule has 0 radical (unpaired) electrons. The highest BCUT2D eigenvalue weighted by Crippen LogP contribution is 2.24. The van der Waals surface area contributed by atoms with Gasteiger partial charge in [-0.3, -0.25) is 9.71 Å². The number of hydrogen-bond donors (Lipinski definition) is 2. The summed E-state index contributed by atoms with van der Waals surface area (Å²) < 4.78 is 27.8. The molecule has 104 valence electrons. The zero-order chi connectivity index (χ0) is 14.8. The second kappa shape index (κ2) is 5.86. The SMILES string of the molecule is NC(=S)c1ccccc1S(=O)(=O)Nc1ccncc1Br. The number of nitrogens with one attached hydrogen (secondary N) is 1. The zero-order valence-electron chi connectivity index (χ0n) is 10.1. The van der Waals surface area contributed by atoms with Gasteiger partial charge in [0.2, 0.25) is 0 Å². The van der Waals surface area contributed by atoms with Gasteiger partial charge < -0.3 is 5.73 Å². The van der Waals surface area contributed by atoms with Crippen LogP contribution in [0.1, 0.15) is 5.56 Å². The van der Waals surface area contributed by atoms with Crippen LogP contribution < -0.4 is 10.5 Å². The zero-order valence-corrected chi connectivity index (χ0v) is 13.3. The molecule has 1 aromatic heterocycles. The number of nitrogens with zero attached hydrogens (tertiary/aromatic N) is 1. The molecular weight excluding hydrogens is 362 g/mol. The Hall–Kier alpha value is -1.51. The monoisotopic (exact) mass is 371 g/mol. The maximum Gasteiger partial charge on any atom is 0.262 e. The van der Waals surface area contributed by atoms with Crippen molar-refractivity contribution in [3.05, 3.63) is 52.8 Å². The van der Waals surface area contributed by atoms with Crippen molar-refractivity contribution in [2.75, 3.05) is 4.72 Å². The molecule has 0 spiro atoms. The molecule has 8 heteroatoms. The highest BCUT2D eigenvalue weighted by molar-refractivity contribution is 9.10. The number of halogens is 1. The van der Waals surface area contributed by atoms with Crippen molar-refractivity contribution in [2.24, 2.45) is 5.73 Å². The van der Waals surface area contributed by atoms with Gasteiger partial charge in [-0.15, -0.1) is 0 Å². The molecule has 2 aromatic rings. The van der Waals surface area contributed by atoms with Gasteiger partial charge in [-0.2, -0.15) is 0 Å². The Labute approximate surface area is 130 Å². The molecule has 1 heterocycles. The number of benzene rings is 1. The first-order chi connectivity index (χ1) is 9.42. The molecule has 0 saturated carbocycles. The average Bonchev–Trinajstić information content (AvgIpc) is 2.41. The predicted molar refractivity (Wildman–Crippen MR) is 85.1 cm³/mol. The molecule has 0 aliphatic carbocycles. The van der Waals surface area contributed by atoms with Crippen LogP contribution in [0.4, 0.5) is 5.69 Å². The molecule has 0 amide bonds. The molecule has 5 nitrogen and oxygen atoms in total. The molecule has 0 saturated heterocycles. The fourth-order valence-electron chi connectivity index (χ4n) is 1.56. The summed E-state index contributed by atoms with van der Waals surface area (Å²) in [6.07, 6.45) is 2.99. The molecule has 0 bridgehead atoms. The van der Waals surface area contributed by atoms with Crippen molar-refractivity contribution in [3.8, 4) is 0 Å². The van der Waals surface area contributed by atoms with Crippen molar-refractivity contribution in [1.82, 2.24) is 4.98 Å². The van der Waals surface area contributed by atoms with Gasteiger partial charge in [0.15, 0.2) is 0 Å². The van der Waals surface area contributed by atoms with E-state index in [9.17, 15) is 8.42 Å². The van der Waals surface area contributed by atoms with Crippen molar-refractivity contribution < 1.29 is 8.42 Å². The second-order valence-electron chi connectivity index (χ2n) is 3.82. The van der Waals surface area contributed by atoms with E-state index in [1.54, 1.807) is 24.3 Å². The lowest BCUT2D eigenvalue weighted by molar-refractivity contribution is 0.601. The van der Waals surface area contributed by atoms with Gasteiger partial charge in [-0.05, 0) is 28.1 Å². The summed E-state index contributed by atoms with van der Waals surface area (Å²) in [5, 5.41) is 0. The number of nitrogens with two attached hydrogens (primary N) is 1. The van der Waals surface area contributed by atoms with Crippen molar-refractivity contribution >= 4 is 48.8 Å². The molecule has 20 heavy (non-hydrogen) atoms. The van der Waals surface area contributed by atoms with Gasteiger partial charge in [-0.1, -0.05) is 30.4 Å². The maximum absolute atomic E-state index is 12.4. The van der Waals surface area contributed by atoms with Crippen LogP contribution in [-0.2, 0) is 10.0 Å². The number of anilines is 1. The van der Waals surface area contributed by atoms with E-state index in [0.29, 0.717) is 15.7 Å². The van der Waals surface area contributed by atoms with E-state index in [-0.39, 0.29) is 9.88 Å². The third kappa shape index (κ3) is 3.14. The topological polar surface area (TPSA) is 85.1 Å². The summed E-state index contributed by atoms with van der Waals surface area (Å²) in [5.74, 6) is 0. The summed E-state index contributed by atoms with van der Waals surface area (Å²) in [4.78, 5) is 3.94. The van der Waals surface area contributed by atoms with Crippen molar-refractivity contribution in [2.45, 2.75) is 4.90 Å². The van der Waals surface area contributed by atoms with Crippen molar-refractivity contribution in [1.29, 1.82) is 0 Å². The highest BCUT2D eigenvalue weighted by atomic mass is 79.9. The van der Waals surface area contributed by atoms with E-state index >= 15 is 0 Å². The van der Waals surface area contributed by atoms with Crippen LogP contribution in [0.3, 0.4) is 0 Å². The Bertz CT molecular complexity index is 763. The Kier molecular flexibility index (Phi) is 4.36. The quantitative estimate of drug-likeness (QED) is 0.805. The molecule has 0 fully saturated rings. The first-order valence-corrected chi connectivity index (χ1v) is 8.11. The van der Waals surface area contributed by atoms with E-state index in [1.807, 2.05) is 0 Å². The van der Waals surface area contributed by atoms with E-state index in [0.717, 1.165) is 0 Å². The first-order valence-electron chi connectivity index (χ1n) is 5.43. The number of sulfonamides is 1. The fourth-order valence-corrected chi connectivity index (χ4v) is 3.59. The normalized spacial score (nSPS) is 11.1. The standard InChI is InChI=1S/C12H10BrN3O2S2/c13-9-7-15-6-5-10(9)16-20(17,18)11-4-2-1-3-8(11)12(14)19/h1-7H,(H2,14,19)(H,15,16). The molecule has 0 atom stereocenters. The third-order valence-electron chi connectivity index (χ3n) is 2.46. The smallest absolute Gasteiger partial charge is 0.262 e. The van der Waals surface area contributed by atoms with Crippen LogP contribution in [0.5, 0.6) is 0 Å². The lowest BCUT2D eigenvalue weighted by Crippen LogP contribution is -2.19. The number of hydrogen-bond acceptors (Lipinski definition) is 4. The summed E-state index contributed by atoms with van der Waals surface area (Å²) in [7, 11) is -3.79. The number of pyridine rings is 1. The van der Waals surface area contributed by atoms with Crippen LogP contribution >= 0.6 is 28.1 Å². The number of aromatic nitrogens is 1. The second-order valence-corrected chi connectivity index (χ2v) is 6.77. The molecule has 2 rings (SSSR count). The van der Waals surface area contributed by atoms with Crippen LogP contribution in [0.2, 0.25) is 0 Å². The maximum atomic E-state index is 12.4. The summed E-state index contributed by atoms with van der Waals surface area (Å²) in [5.41, 5.74) is 6.25. The largest absolute Gasteiger partial charge is 0.389 e. The van der Waals surface area contributed by atoms with Crippen LogP contribution in [-0.4, -0.2) is 18.4 Å². The Morgan fingerprint density at radius 3 is 2.65 bits per heavy atom. The number of thiocarbonyl (C=S) groups is 1. The van der Waals surface area contributed by atoms with E-state index < -0.39 is 10.0 Å². The summed E-state index contributed by atoms with van der Waals surface area (Å²) in [6.45, 7) is 0. The minimum Gasteiger partial charge on any atom is -0.389 e. The lowest BCUT2D eigenvalue weighted by atomic mass is 10.2. The van der Waals surface area contributed by atoms with Crippen LogP contribution in [0, 0.1) is 0 Å². The number of rotatable bonds is 4. The Balaban J connectivity index is 2.47. The molecule has 1 aromatic carbocycles. The van der Waals surface area contributed by atoms with Crippen LogP contribution in [0.15, 0.2) is 52.1 Å². The molecule has 0 unspecified atom stereocenters. The summed E-state index contributed by atoms with van der Waals surface area (Å²) in [6, 6.07) is 7.85. The molecule has 0 aliphatic rings. The minimum absolute atomic E-state index is 0.0276. The van der Waals surface area contributed by atoms with Gasteiger partial charge in [0, 0.05) is 18.0 Å². The van der Waals surface area contributed by atoms with E-state index in [2.05, 4.69) is 25.6 Å². The van der Waals surface area contributed by atoms with Gasteiger partial charge in [0.1, 0.15) is 4.99 Å². The fraction of sp³-hybridized carbons (Fsp3) is 0. The summed E-state index contributed by atoms with van der Waals surface area (Å²) >= 11 is 8.10. The third-order valence-corrected chi connectivity index (χ3v) is 4.73. The van der Waals surface area contributed by atoms with Gasteiger partial charge >= 0.3 is 0 Å². The van der Waals surface area contributed by atoms with E-state index in [4.69, 9.17) is 18.0 Å². The van der Waals surface area contributed by atoms with Gasteiger partial charge in [0.05, 0.1) is 15.1 Å².